The average Bonchev–Trinajstić information content (AvgIpc) is 4.13. The Balaban J connectivity index is 0.000000150. The van der Waals surface area contributed by atoms with Crippen molar-refractivity contribution in [1.82, 2.24) is 39.5 Å². The van der Waals surface area contributed by atoms with Crippen LogP contribution in [-0.4, -0.2) is 77.0 Å². The Bertz CT molecular complexity index is 3400. The Hall–Kier alpha value is -7.65. The van der Waals surface area contributed by atoms with Crippen LogP contribution in [0.15, 0.2) is 139 Å². The first-order valence-corrected chi connectivity index (χ1v) is 20.3. The Kier molecular flexibility index (Phi) is 12.3. The molecule has 6 aromatic heterocycles. The number of hydrogen-bond donors (Lipinski definition) is 3. The maximum atomic E-state index is 14.4. The van der Waals surface area contributed by atoms with E-state index in [0.29, 0.717) is 16.6 Å². The smallest absolute Gasteiger partial charge is 0.454 e. The summed E-state index contributed by atoms with van der Waals surface area (Å²) >= 11 is 3.42. The third-order valence-electron chi connectivity index (χ3n) is 10.5. The van der Waals surface area contributed by atoms with Crippen LogP contribution < -0.4 is 9.47 Å². The lowest BCUT2D eigenvalue weighted by atomic mass is 9.85. The highest BCUT2D eigenvalue weighted by molar-refractivity contribution is 9.10. The first-order chi connectivity index (χ1) is 31.9. The lowest BCUT2D eigenvalue weighted by molar-refractivity contribution is -0.247. The number of methoxy groups -OCH3 is 2. The molecule has 1 atom stereocenters. The zero-order valence-corrected chi connectivity index (χ0v) is 36.0. The summed E-state index contributed by atoms with van der Waals surface area (Å²) < 4.78 is 121. The second-order valence-electron chi connectivity index (χ2n) is 14.5. The molecule has 0 bridgehead atoms. The van der Waals surface area contributed by atoms with Gasteiger partial charge in [-0.2, -0.15) is 36.5 Å². The standard InChI is InChI=1S/C23H16F4N4O2.C13H8BrFN2.C10H7F3N2O2/c1-33-21-20-17(8-9-28-21)18(12-29-20)22(32,23(25,26)27)14-2-7-19-13(10-14)11-30-31(19)16-5-3-15(24)4-6-16;14-10-1-6-13-9(7-10)8-16-17(13)12-4-2-11(15)3-5-12;1-17-9-7-5(2-3-14-9)6(4-15-7)8(16)10(11,12)13/h2-12,29,32H,1H3;1-8H;2-4,15H,1H3. The van der Waals surface area contributed by atoms with Gasteiger partial charge in [0, 0.05) is 56.4 Å². The number of carbonyl (C=O) groups excluding carboxylic acids is 1. The van der Waals surface area contributed by atoms with Gasteiger partial charge in [-0.15, -0.1) is 0 Å². The van der Waals surface area contributed by atoms with Crippen molar-refractivity contribution in [3.8, 4) is 23.1 Å². The van der Waals surface area contributed by atoms with Gasteiger partial charge in [-0.25, -0.2) is 28.1 Å². The summed E-state index contributed by atoms with van der Waals surface area (Å²) in [5.41, 5.74) is -1.11. The largest absolute Gasteiger partial charge is 0.479 e. The number of pyridine rings is 2. The van der Waals surface area contributed by atoms with Gasteiger partial charge in [0.25, 0.3) is 5.78 Å². The number of hydrogen-bond acceptors (Lipinski definition) is 8. The molecule has 10 rings (SSSR count). The lowest BCUT2D eigenvalue weighted by Gasteiger charge is -2.31. The van der Waals surface area contributed by atoms with Gasteiger partial charge in [0.2, 0.25) is 17.4 Å². The van der Waals surface area contributed by atoms with Crippen LogP contribution in [0.3, 0.4) is 0 Å². The molecule has 3 N–H and O–H groups in total. The van der Waals surface area contributed by atoms with E-state index >= 15 is 0 Å². The van der Waals surface area contributed by atoms with E-state index in [4.69, 9.17) is 9.47 Å². The number of aromatic nitrogens is 8. The maximum absolute atomic E-state index is 14.4. The van der Waals surface area contributed by atoms with E-state index in [1.165, 1.54) is 104 Å². The molecule has 6 heterocycles. The molecule has 10 aromatic rings. The van der Waals surface area contributed by atoms with Crippen molar-refractivity contribution in [1.29, 1.82) is 0 Å². The predicted octanol–water partition coefficient (Wildman–Crippen LogP) is 11.1. The van der Waals surface area contributed by atoms with Crippen molar-refractivity contribution < 1.29 is 54.5 Å². The number of fused-ring (bicyclic) bond motifs is 4. The van der Waals surface area contributed by atoms with Crippen molar-refractivity contribution in [3.05, 3.63) is 167 Å². The van der Waals surface area contributed by atoms with E-state index < -0.39 is 35.1 Å². The monoisotopic (exact) mass is 990 g/mol. The van der Waals surface area contributed by atoms with Crippen molar-refractivity contribution in [3.63, 3.8) is 0 Å². The first-order valence-electron chi connectivity index (χ1n) is 19.5. The fourth-order valence-electron chi connectivity index (χ4n) is 7.32. The number of halogens is 9. The highest BCUT2D eigenvalue weighted by Gasteiger charge is 2.57. The Morgan fingerprint density at radius 3 is 1.67 bits per heavy atom. The minimum Gasteiger partial charge on any atom is -0.479 e. The molecule has 0 fully saturated rings. The number of Topliss-reactive ketones (excluding diaryl/α,β-unsaturated/α-hetero) is 1. The van der Waals surface area contributed by atoms with Gasteiger partial charge in [-0.1, -0.05) is 22.0 Å². The summed E-state index contributed by atoms with van der Waals surface area (Å²) in [6.45, 7) is 0. The number of alkyl halides is 6. The second-order valence-corrected chi connectivity index (χ2v) is 15.4. The molecule has 1 unspecified atom stereocenters. The third-order valence-corrected chi connectivity index (χ3v) is 11.0. The zero-order chi connectivity index (χ0) is 47.8. The van der Waals surface area contributed by atoms with Gasteiger partial charge >= 0.3 is 12.4 Å². The van der Waals surface area contributed by atoms with E-state index in [2.05, 4.69) is 46.1 Å². The topological polar surface area (TPSA) is 149 Å². The van der Waals surface area contributed by atoms with Crippen LogP contribution in [0.1, 0.15) is 21.5 Å². The van der Waals surface area contributed by atoms with E-state index in [9.17, 15) is 45.0 Å². The molecule has 0 aliphatic heterocycles. The highest BCUT2D eigenvalue weighted by Crippen LogP contribution is 2.47. The van der Waals surface area contributed by atoms with Crippen molar-refractivity contribution in [2.75, 3.05) is 14.2 Å². The normalized spacial score (nSPS) is 12.7. The van der Waals surface area contributed by atoms with Gasteiger partial charge in [0.15, 0.2) is 0 Å². The molecule has 0 aliphatic carbocycles. The van der Waals surface area contributed by atoms with Crippen LogP contribution in [-0.2, 0) is 5.60 Å². The number of benzene rings is 4. The fraction of sp³-hybridized carbons (Fsp3) is 0.109. The molecule has 0 saturated heterocycles. The number of rotatable bonds is 7. The number of nitrogens with one attached hydrogen (secondary N) is 2. The van der Waals surface area contributed by atoms with Gasteiger partial charge < -0.3 is 24.5 Å². The van der Waals surface area contributed by atoms with Crippen molar-refractivity contribution in [2.45, 2.75) is 18.0 Å². The van der Waals surface area contributed by atoms with Crippen molar-refractivity contribution in [2.24, 2.45) is 0 Å². The first kappa shape index (κ1) is 45.9. The molecule has 67 heavy (non-hydrogen) atoms. The summed E-state index contributed by atoms with van der Waals surface area (Å²) in [4.78, 5) is 24.2. The molecule has 0 saturated carbocycles. The molecule has 0 aliphatic rings. The van der Waals surface area contributed by atoms with E-state index in [1.54, 1.807) is 23.0 Å². The van der Waals surface area contributed by atoms with Gasteiger partial charge in [-0.3, -0.25) is 4.79 Å². The lowest BCUT2D eigenvalue weighted by Crippen LogP contribution is -2.43. The van der Waals surface area contributed by atoms with E-state index in [0.717, 1.165) is 33.5 Å². The Morgan fingerprint density at radius 1 is 0.657 bits per heavy atom. The molecule has 342 valence electrons. The molecule has 21 heteroatoms. The molecule has 0 amide bonds. The minimum atomic E-state index is -5.04. The SMILES string of the molecule is COc1nccc2c(C(=O)C(F)(F)F)c[nH]c12.COc1nccc2c(C(O)(c3ccc4c(cnn4-c4ccc(F)cc4)c3)C(F)(F)F)c[nH]c12.Fc1ccc(-n2ncc3cc(Br)ccc32)cc1. The van der Waals surface area contributed by atoms with E-state index in [-0.39, 0.29) is 50.5 Å². The summed E-state index contributed by atoms with van der Waals surface area (Å²) in [7, 11) is 2.69. The Labute approximate surface area is 380 Å². The number of nitrogens with zero attached hydrogens (tertiary/aromatic N) is 6. The summed E-state index contributed by atoms with van der Waals surface area (Å²) in [6, 6.07) is 24.4. The quantitative estimate of drug-likeness (QED) is 0.106. The van der Waals surface area contributed by atoms with Gasteiger partial charge in [0.1, 0.15) is 22.7 Å². The number of ether oxygens (including phenoxy) is 2. The average molecular weight is 992 g/mol. The molecule has 0 spiro atoms. The van der Waals surface area contributed by atoms with Crippen LogP contribution in [0.4, 0.5) is 35.1 Å². The molecular weight excluding hydrogens is 960 g/mol. The van der Waals surface area contributed by atoms with Crippen LogP contribution in [0, 0.1) is 11.6 Å². The minimum absolute atomic E-state index is 0.110. The van der Waals surface area contributed by atoms with Crippen LogP contribution in [0.5, 0.6) is 11.8 Å². The number of aliphatic hydroxyl groups is 1. The summed E-state index contributed by atoms with van der Waals surface area (Å²) in [6.07, 6.45) is -2.05. The number of H-pyrrole nitrogens is 2. The molecule has 12 nitrogen and oxygen atoms in total. The third kappa shape index (κ3) is 8.77. The Morgan fingerprint density at radius 2 is 1.15 bits per heavy atom. The van der Waals surface area contributed by atoms with Crippen LogP contribution >= 0.6 is 15.9 Å². The van der Waals surface area contributed by atoms with Crippen LogP contribution in [0.2, 0.25) is 0 Å². The zero-order valence-electron chi connectivity index (χ0n) is 34.5. The maximum Gasteiger partial charge on any atom is 0.454 e. The van der Waals surface area contributed by atoms with Gasteiger partial charge in [-0.05, 0) is 96.6 Å². The van der Waals surface area contributed by atoms with Gasteiger partial charge in [0.05, 0.1) is 54.6 Å². The second kappa shape index (κ2) is 18.0. The summed E-state index contributed by atoms with van der Waals surface area (Å²) in [5, 5.41) is 21.4. The van der Waals surface area contributed by atoms with E-state index in [1.807, 2.05) is 18.2 Å². The molecule has 0 radical (unpaired) electrons. The highest BCUT2D eigenvalue weighted by atomic mass is 79.9. The summed E-state index contributed by atoms with van der Waals surface area (Å²) in [5.74, 6) is -2.30. The number of ketones is 1. The molecular formula is C46H31BrF8N8O4. The molecule has 4 aromatic carbocycles. The predicted molar refractivity (Wildman–Crippen MR) is 234 cm³/mol. The van der Waals surface area contributed by atoms with Crippen molar-refractivity contribution >= 4 is 65.3 Å². The van der Waals surface area contributed by atoms with Crippen LogP contribution in [0.25, 0.3) is 55.0 Å². The number of carbonyl (C=O) groups is 1. The number of aromatic amines is 2. The fourth-order valence-corrected chi connectivity index (χ4v) is 7.70.